The average molecular weight is 556 g/mol. The van der Waals surface area contributed by atoms with Gasteiger partial charge in [0, 0.05) is 12.1 Å². The van der Waals surface area contributed by atoms with Crippen molar-refractivity contribution in [3.05, 3.63) is 123 Å². The molecule has 1 amide bonds. The molecule has 1 aromatic heterocycles. The topological polar surface area (TPSA) is 90.5 Å². The van der Waals surface area contributed by atoms with Crippen LogP contribution in [0.3, 0.4) is 0 Å². The number of amides is 1. The molecule has 3 aromatic carbocycles. The third-order valence-electron chi connectivity index (χ3n) is 6.57. The van der Waals surface area contributed by atoms with Crippen LogP contribution in [0.1, 0.15) is 34.0 Å². The Balaban J connectivity index is 1.44. The molecule has 1 aliphatic rings. The number of aromatic nitrogens is 2. The van der Waals surface area contributed by atoms with Gasteiger partial charge < -0.3 is 15.4 Å². The zero-order valence-electron chi connectivity index (χ0n) is 20.7. The number of ether oxygens (including phenoxy) is 1. The summed E-state index contributed by atoms with van der Waals surface area (Å²) >= 11 is 0. The minimum atomic E-state index is -4.52. The highest BCUT2D eigenvalue weighted by Gasteiger charge is 2.31. The van der Waals surface area contributed by atoms with Crippen molar-refractivity contribution in [2.75, 3.05) is 12.3 Å². The molecule has 0 spiro atoms. The molecule has 0 saturated heterocycles. The molecule has 0 unspecified atom stereocenters. The zero-order valence-corrected chi connectivity index (χ0v) is 20.7. The molecular formula is C28H21F5N4O3. The van der Waals surface area contributed by atoms with E-state index in [1.54, 1.807) is 0 Å². The molecule has 0 fully saturated rings. The van der Waals surface area contributed by atoms with Crippen molar-refractivity contribution >= 4 is 12.0 Å². The molecule has 5 rings (SSSR count). The summed E-state index contributed by atoms with van der Waals surface area (Å²) in [5.41, 5.74) is 6.48. The molecule has 0 atom stereocenters. The Labute approximate surface area is 224 Å². The third-order valence-corrected chi connectivity index (χ3v) is 6.57. The van der Waals surface area contributed by atoms with Crippen molar-refractivity contribution in [1.82, 2.24) is 14.5 Å². The fourth-order valence-electron chi connectivity index (χ4n) is 4.58. The van der Waals surface area contributed by atoms with Crippen molar-refractivity contribution < 1.29 is 31.5 Å². The third kappa shape index (κ3) is 5.37. The fourth-order valence-corrected chi connectivity index (χ4v) is 4.58. The SMILES string of the molecule is Nc1nc2c(c(=O)n1C(c1ccc(F)cc1)c1ccc(F)cc1)CCN(C(=O)Oc1ccc(C(F)(F)F)cc1)C2. The second kappa shape index (κ2) is 10.4. The smallest absolute Gasteiger partial charge is 0.410 e. The largest absolute Gasteiger partial charge is 0.416 e. The minimum absolute atomic E-state index is 0.0745. The first-order valence-electron chi connectivity index (χ1n) is 12.1. The van der Waals surface area contributed by atoms with Gasteiger partial charge in [-0.1, -0.05) is 24.3 Å². The maximum absolute atomic E-state index is 13.7. The lowest BCUT2D eigenvalue weighted by Gasteiger charge is -2.29. The summed E-state index contributed by atoms with van der Waals surface area (Å²) in [6.07, 6.45) is -5.25. The Bertz CT molecular complexity index is 1560. The molecular weight excluding hydrogens is 535 g/mol. The molecule has 2 N–H and O–H groups in total. The zero-order chi connectivity index (χ0) is 28.6. The predicted octanol–water partition coefficient (Wildman–Crippen LogP) is 5.32. The van der Waals surface area contributed by atoms with Gasteiger partial charge >= 0.3 is 12.3 Å². The molecule has 206 valence electrons. The first-order valence-corrected chi connectivity index (χ1v) is 12.1. The molecule has 40 heavy (non-hydrogen) atoms. The fraction of sp³-hybridized carbons (Fsp3) is 0.179. The predicted molar refractivity (Wildman–Crippen MR) is 135 cm³/mol. The van der Waals surface area contributed by atoms with Crippen molar-refractivity contribution in [3.63, 3.8) is 0 Å². The molecule has 0 radical (unpaired) electrons. The number of rotatable bonds is 4. The van der Waals surface area contributed by atoms with E-state index in [2.05, 4.69) is 4.98 Å². The van der Waals surface area contributed by atoms with Gasteiger partial charge in [-0.25, -0.2) is 18.6 Å². The van der Waals surface area contributed by atoms with Gasteiger partial charge in [-0.15, -0.1) is 0 Å². The van der Waals surface area contributed by atoms with E-state index in [0.717, 1.165) is 24.3 Å². The van der Waals surface area contributed by atoms with Crippen LogP contribution >= 0.6 is 0 Å². The van der Waals surface area contributed by atoms with E-state index in [-0.39, 0.29) is 36.9 Å². The van der Waals surface area contributed by atoms with E-state index in [1.165, 1.54) is 58.0 Å². The Kier molecular flexibility index (Phi) is 7.01. The number of carbonyl (C=O) groups is 1. The van der Waals surface area contributed by atoms with E-state index in [4.69, 9.17) is 10.5 Å². The second-order valence-electron chi connectivity index (χ2n) is 9.14. The number of hydrogen-bond donors (Lipinski definition) is 1. The number of alkyl halides is 3. The summed E-state index contributed by atoms with van der Waals surface area (Å²) < 4.78 is 72.1. The van der Waals surface area contributed by atoms with Crippen molar-refractivity contribution in [3.8, 4) is 5.75 Å². The Morgan fingerprint density at radius 1 is 0.900 bits per heavy atom. The number of carbonyl (C=O) groups excluding carboxylic acids is 1. The highest BCUT2D eigenvalue weighted by Crippen LogP contribution is 2.31. The van der Waals surface area contributed by atoms with Crippen LogP contribution in [-0.2, 0) is 19.1 Å². The molecule has 4 aromatic rings. The summed E-state index contributed by atoms with van der Waals surface area (Å²) in [5, 5.41) is 0. The Morgan fingerprint density at radius 3 is 1.98 bits per heavy atom. The van der Waals surface area contributed by atoms with Crippen LogP contribution in [0, 0.1) is 11.6 Å². The maximum atomic E-state index is 13.7. The van der Waals surface area contributed by atoms with E-state index >= 15 is 0 Å². The van der Waals surface area contributed by atoms with Crippen LogP contribution < -0.4 is 16.0 Å². The number of nitrogen functional groups attached to an aromatic ring is 1. The average Bonchev–Trinajstić information content (AvgIpc) is 2.92. The number of nitrogens with two attached hydrogens (primary N) is 1. The van der Waals surface area contributed by atoms with Gasteiger partial charge in [0.25, 0.3) is 5.56 Å². The lowest BCUT2D eigenvalue weighted by Crippen LogP contribution is -2.43. The van der Waals surface area contributed by atoms with Crippen LogP contribution in [-0.4, -0.2) is 27.1 Å². The summed E-state index contributed by atoms with van der Waals surface area (Å²) in [4.78, 5) is 32.0. The normalized spacial score (nSPS) is 13.3. The Hall–Kier alpha value is -4.74. The molecule has 1 aliphatic heterocycles. The summed E-state index contributed by atoms with van der Waals surface area (Å²) in [7, 11) is 0. The quantitative estimate of drug-likeness (QED) is 0.344. The molecule has 0 bridgehead atoms. The van der Waals surface area contributed by atoms with Crippen LogP contribution in [0.5, 0.6) is 5.75 Å². The van der Waals surface area contributed by atoms with Gasteiger partial charge in [-0.2, -0.15) is 13.2 Å². The second-order valence-corrected chi connectivity index (χ2v) is 9.14. The van der Waals surface area contributed by atoms with Crippen LogP contribution in [0.4, 0.5) is 32.7 Å². The van der Waals surface area contributed by atoms with E-state index in [0.29, 0.717) is 16.7 Å². The molecule has 7 nitrogen and oxygen atoms in total. The monoisotopic (exact) mass is 556 g/mol. The van der Waals surface area contributed by atoms with Gasteiger partial charge in [0.1, 0.15) is 17.4 Å². The number of benzene rings is 3. The van der Waals surface area contributed by atoms with Crippen molar-refractivity contribution in [2.45, 2.75) is 25.2 Å². The summed E-state index contributed by atoms with van der Waals surface area (Å²) in [6.45, 7) is -0.0437. The van der Waals surface area contributed by atoms with Gasteiger partial charge in [-0.05, 0) is 66.1 Å². The highest BCUT2D eigenvalue weighted by atomic mass is 19.4. The number of fused-ring (bicyclic) bond motifs is 1. The maximum Gasteiger partial charge on any atom is 0.416 e. The van der Waals surface area contributed by atoms with Gasteiger partial charge in [-0.3, -0.25) is 9.36 Å². The van der Waals surface area contributed by atoms with Gasteiger partial charge in [0.05, 0.1) is 23.8 Å². The highest BCUT2D eigenvalue weighted by molar-refractivity contribution is 5.71. The first kappa shape index (κ1) is 26.9. The van der Waals surface area contributed by atoms with Crippen molar-refractivity contribution in [2.24, 2.45) is 0 Å². The molecule has 0 saturated carbocycles. The first-order chi connectivity index (χ1) is 19.0. The van der Waals surface area contributed by atoms with Crippen LogP contribution in [0.25, 0.3) is 0 Å². The molecule has 2 heterocycles. The lowest BCUT2D eigenvalue weighted by molar-refractivity contribution is -0.137. The molecule has 0 aliphatic carbocycles. The summed E-state index contributed by atoms with van der Waals surface area (Å²) in [6, 6.07) is 13.8. The van der Waals surface area contributed by atoms with E-state index in [9.17, 15) is 31.5 Å². The number of anilines is 1. The number of halogens is 5. The Morgan fingerprint density at radius 2 is 1.45 bits per heavy atom. The lowest BCUT2D eigenvalue weighted by atomic mass is 9.97. The van der Waals surface area contributed by atoms with E-state index in [1.807, 2.05) is 0 Å². The van der Waals surface area contributed by atoms with Gasteiger partial charge in [0.2, 0.25) is 5.95 Å². The van der Waals surface area contributed by atoms with Crippen LogP contribution in [0.15, 0.2) is 77.6 Å². The number of hydrogen-bond acceptors (Lipinski definition) is 5. The minimum Gasteiger partial charge on any atom is -0.410 e. The number of nitrogens with zero attached hydrogens (tertiary/aromatic N) is 3. The van der Waals surface area contributed by atoms with Crippen LogP contribution in [0.2, 0.25) is 0 Å². The standard InChI is InChI=1S/C28H21F5N4O3/c29-19-7-1-16(2-8-19)24(17-3-9-20(30)10-4-17)37-25(38)22-13-14-36(15-23(22)35-26(37)34)27(39)40-21-11-5-18(6-12-21)28(31,32)33/h1-12,24H,13-15H2,(H2,34,35). The molecule has 12 heteroatoms. The van der Waals surface area contributed by atoms with Crippen molar-refractivity contribution in [1.29, 1.82) is 0 Å². The summed E-state index contributed by atoms with van der Waals surface area (Å²) in [5.74, 6) is -1.21. The van der Waals surface area contributed by atoms with E-state index < -0.39 is 41.1 Å². The van der Waals surface area contributed by atoms with Gasteiger partial charge in [0.15, 0.2) is 0 Å².